The lowest BCUT2D eigenvalue weighted by Gasteiger charge is -2.12. The minimum absolute atomic E-state index is 0.348. The summed E-state index contributed by atoms with van der Waals surface area (Å²) in [4.78, 5) is 0. The molecule has 0 bridgehead atoms. The quantitative estimate of drug-likeness (QED) is 0.624. The van der Waals surface area contributed by atoms with E-state index >= 15 is 0 Å². The summed E-state index contributed by atoms with van der Waals surface area (Å²) in [5.74, 6) is 0. The van der Waals surface area contributed by atoms with Crippen molar-refractivity contribution >= 4 is 0 Å². The van der Waals surface area contributed by atoms with Crippen molar-refractivity contribution in [1.82, 2.24) is 5.32 Å². The predicted molar refractivity (Wildman–Crippen MR) is 76.5 cm³/mol. The summed E-state index contributed by atoms with van der Waals surface area (Å²) in [6, 6.07) is 8.48. The Morgan fingerprint density at radius 1 is 1.32 bits per heavy atom. The minimum Gasteiger partial charge on any atom is -0.389 e. The SMILES string of the molecule is COCCOCC(O)CNCCc1cccc(C)c1. The van der Waals surface area contributed by atoms with Crippen molar-refractivity contribution in [3.63, 3.8) is 0 Å². The van der Waals surface area contributed by atoms with Crippen molar-refractivity contribution < 1.29 is 14.6 Å². The summed E-state index contributed by atoms with van der Waals surface area (Å²) in [5.41, 5.74) is 2.60. The molecule has 4 nitrogen and oxygen atoms in total. The highest BCUT2D eigenvalue weighted by atomic mass is 16.5. The van der Waals surface area contributed by atoms with Gasteiger partial charge in [-0.3, -0.25) is 0 Å². The molecule has 0 aromatic heterocycles. The molecule has 108 valence electrons. The summed E-state index contributed by atoms with van der Waals surface area (Å²) in [6.07, 6.45) is 0.508. The van der Waals surface area contributed by atoms with Crippen molar-refractivity contribution in [3.05, 3.63) is 35.4 Å². The maximum absolute atomic E-state index is 9.66. The van der Waals surface area contributed by atoms with Gasteiger partial charge in [-0.2, -0.15) is 0 Å². The molecule has 0 heterocycles. The van der Waals surface area contributed by atoms with Crippen LogP contribution in [0.15, 0.2) is 24.3 Å². The first-order valence-corrected chi connectivity index (χ1v) is 6.73. The molecule has 0 saturated carbocycles. The molecule has 0 saturated heterocycles. The Bertz CT molecular complexity index is 344. The van der Waals surface area contributed by atoms with Gasteiger partial charge in [0.05, 0.1) is 25.9 Å². The van der Waals surface area contributed by atoms with E-state index in [0.717, 1.165) is 13.0 Å². The molecule has 0 amide bonds. The Kier molecular flexibility index (Phi) is 8.41. The molecule has 2 N–H and O–H groups in total. The van der Waals surface area contributed by atoms with Gasteiger partial charge in [0.1, 0.15) is 0 Å². The van der Waals surface area contributed by atoms with Crippen LogP contribution >= 0.6 is 0 Å². The number of nitrogens with one attached hydrogen (secondary N) is 1. The van der Waals surface area contributed by atoms with Crippen molar-refractivity contribution in [2.24, 2.45) is 0 Å². The van der Waals surface area contributed by atoms with Crippen molar-refractivity contribution in [1.29, 1.82) is 0 Å². The summed E-state index contributed by atoms with van der Waals surface area (Å²) >= 11 is 0. The highest BCUT2D eigenvalue weighted by Gasteiger charge is 2.03. The van der Waals surface area contributed by atoms with Gasteiger partial charge in [0.25, 0.3) is 0 Å². The Hall–Kier alpha value is -0.940. The first kappa shape index (κ1) is 16.1. The molecular weight excluding hydrogens is 242 g/mol. The molecule has 0 aliphatic heterocycles. The largest absolute Gasteiger partial charge is 0.389 e. The zero-order chi connectivity index (χ0) is 13.9. The third-order valence-corrected chi connectivity index (χ3v) is 2.79. The number of methoxy groups -OCH3 is 1. The number of aryl methyl sites for hydroxylation is 1. The molecule has 4 heteroatoms. The Morgan fingerprint density at radius 3 is 2.89 bits per heavy atom. The van der Waals surface area contributed by atoms with Crippen LogP contribution in [0.2, 0.25) is 0 Å². The summed E-state index contributed by atoms with van der Waals surface area (Å²) in [6.45, 7) is 4.95. The van der Waals surface area contributed by atoms with E-state index in [2.05, 4.69) is 36.5 Å². The summed E-state index contributed by atoms with van der Waals surface area (Å²) < 4.78 is 10.1. The van der Waals surface area contributed by atoms with Gasteiger partial charge in [-0.15, -0.1) is 0 Å². The van der Waals surface area contributed by atoms with E-state index in [1.807, 2.05) is 0 Å². The van der Waals surface area contributed by atoms with E-state index < -0.39 is 6.10 Å². The zero-order valence-corrected chi connectivity index (χ0v) is 11.9. The van der Waals surface area contributed by atoms with Gasteiger partial charge in [0, 0.05) is 13.7 Å². The fourth-order valence-corrected chi connectivity index (χ4v) is 1.79. The molecule has 1 aromatic rings. The second kappa shape index (κ2) is 9.92. The predicted octanol–water partition coefficient (Wildman–Crippen LogP) is 1.15. The van der Waals surface area contributed by atoms with Gasteiger partial charge < -0.3 is 19.9 Å². The Labute approximate surface area is 115 Å². The fourth-order valence-electron chi connectivity index (χ4n) is 1.79. The van der Waals surface area contributed by atoms with Crippen molar-refractivity contribution in [2.45, 2.75) is 19.4 Å². The molecule has 0 fully saturated rings. The summed E-state index contributed by atoms with van der Waals surface area (Å²) in [7, 11) is 1.63. The molecule has 0 aliphatic carbocycles. The van der Waals surface area contributed by atoms with Crippen LogP contribution in [0.3, 0.4) is 0 Å². The molecule has 19 heavy (non-hydrogen) atoms. The lowest BCUT2D eigenvalue weighted by molar-refractivity contribution is 0.0139. The van der Waals surface area contributed by atoms with E-state index in [9.17, 15) is 5.11 Å². The lowest BCUT2D eigenvalue weighted by atomic mass is 10.1. The monoisotopic (exact) mass is 267 g/mol. The van der Waals surface area contributed by atoms with Gasteiger partial charge in [0.2, 0.25) is 0 Å². The second-order valence-corrected chi connectivity index (χ2v) is 4.66. The number of rotatable bonds is 10. The van der Waals surface area contributed by atoms with E-state index in [1.54, 1.807) is 7.11 Å². The number of benzene rings is 1. The topological polar surface area (TPSA) is 50.7 Å². The van der Waals surface area contributed by atoms with Crippen LogP contribution in [0.5, 0.6) is 0 Å². The average Bonchev–Trinajstić information content (AvgIpc) is 2.40. The maximum Gasteiger partial charge on any atom is 0.0897 e. The van der Waals surface area contributed by atoms with Crippen molar-refractivity contribution in [2.75, 3.05) is 40.0 Å². The maximum atomic E-state index is 9.66. The molecular formula is C15H25NO3. The number of aliphatic hydroxyl groups is 1. The van der Waals surface area contributed by atoms with E-state index in [4.69, 9.17) is 9.47 Å². The number of hydrogen-bond acceptors (Lipinski definition) is 4. The van der Waals surface area contributed by atoms with Gasteiger partial charge in [-0.05, 0) is 25.5 Å². The number of ether oxygens (including phenoxy) is 2. The van der Waals surface area contributed by atoms with Crippen LogP contribution in [0.1, 0.15) is 11.1 Å². The first-order valence-electron chi connectivity index (χ1n) is 6.73. The molecule has 1 unspecified atom stereocenters. The molecule has 1 atom stereocenters. The lowest BCUT2D eigenvalue weighted by Crippen LogP contribution is -2.32. The second-order valence-electron chi connectivity index (χ2n) is 4.66. The van der Waals surface area contributed by atoms with Crippen LogP contribution in [-0.2, 0) is 15.9 Å². The fraction of sp³-hybridized carbons (Fsp3) is 0.600. The normalized spacial score (nSPS) is 12.6. The third kappa shape index (κ3) is 7.95. The van der Waals surface area contributed by atoms with Crippen LogP contribution in [0.4, 0.5) is 0 Å². The minimum atomic E-state index is -0.464. The van der Waals surface area contributed by atoms with Crippen LogP contribution in [0, 0.1) is 6.92 Å². The zero-order valence-electron chi connectivity index (χ0n) is 11.9. The van der Waals surface area contributed by atoms with Gasteiger partial charge in [0.15, 0.2) is 0 Å². The van der Waals surface area contributed by atoms with Gasteiger partial charge in [-0.1, -0.05) is 29.8 Å². The molecule has 1 aromatic carbocycles. The number of aliphatic hydroxyl groups excluding tert-OH is 1. The van der Waals surface area contributed by atoms with Gasteiger partial charge in [-0.25, -0.2) is 0 Å². The molecule has 0 spiro atoms. The highest BCUT2D eigenvalue weighted by molar-refractivity contribution is 5.22. The molecule has 1 rings (SSSR count). The third-order valence-electron chi connectivity index (χ3n) is 2.79. The Morgan fingerprint density at radius 2 is 2.16 bits per heavy atom. The average molecular weight is 267 g/mol. The van der Waals surface area contributed by atoms with Gasteiger partial charge >= 0.3 is 0 Å². The first-order chi connectivity index (χ1) is 9.22. The van der Waals surface area contributed by atoms with Crippen LogP contribution in [0.25, 0.3) is 0 Å². The van der Waals surface area contributed by atoms with E-state index in [1.165, 1.54) is 11.1 Å². The highest BCUT2D eigenvalue weighted by Crippen LogP contribution is 2.03. The molecule has 0 radical (unpaired) electrons. The van der Waals surface area contributed by atoms with E-state index in [-0.39, 0.29) is 0 Å². The molecule has 0 aliphatic rings. The standard InChI is InChI=1S/C15H25NO3/c1-13-4-3-5-14(10-13)6-7-16-11-15(17)12-19-9-8-18-2/h3-5,10,15-17H,6-9,11-12H2,1-2H3. The smallest absolute Gasteiger partial charge is 0.0897 e. The Balaban J connectivity index is 2.03. The number of hydrogen-bond donors (Lipinski definition) is 2. The van der Waals surface area contributed by atoms with Crippen LogP contribution < -0.4 is 5.32 Å². The van der Waals surface area contributed by atoms with Crippen molar-refractivity contribution in [3.8, 4) is 0 Å². The van der Waals surface area contributed by atoms with E-state index in [0.29, 0.717) is 26.4 Å². The van der Waals surface area contributed by atoms with Crippen LogP contribution in [-0.4, -0.2) is 51.2 Å². The summed E-state index contributed by atoms with van der Waals surface area (Å²) in [5, 5.41) is 12.9.